The quantitative estimate of drug-likeness (QED) is 0.433. The summed E-state index contributed by atoms with van der Waals surface area (Å²) in [6, 6.07) is -1.12. The highest BCUT2D eigenvalue weighted by atomic mass is 33.5. The summed E-state index contributed by atoms with van der Waals surface area (Å²) in [4.78, 5) is 10.1. The van der Waals surface area contributed by atoms with Crippen LogP contribution in [0.4, 0.5) is 0 Å². The number of hydrogen-bond acceptors (Lipinski definition) is 6. The molecular formula is C3H7NO5S3. The molecule has 72 valence electrons. The van der Waals surface area contributed by atoms with Gasteiger partial charge in [-0.15, -0.1) is 0 Å². The van der Waals surface area contributed by atoms with Crippen LogP contribution in [0.25, 0.3) is 0 Å². The van der Waals surface area contributed by atoms with Gasteiger partial charge in [-0.25, -0.2) is 0 Å². The number of rotatable bonds is 5. The van der Waals surface area contributed by atoms with Crippen molar-refractivity contribution in [3.63, 3.8) is 0 Å². The van der Waals surface area contributed by atoms with Gasteiger partial charge in [-0.2, -0.15) is 8.42 Å². The van der Waals surface area contributed by atoms with E-state index in [2.05, 4.69) is 0 Å². The highest BCUT2D eigenvalue weighted by Gasteiger charge is 2.14. The van der Waals surface area contributed by atoms with Crippen molar-refractivity contribution in [3.05, 3.63) is 0 Å². The van der Waals surface area contributed by atoms with E-state index in [1.165, 1.54) is 0 Å². The Hall–Kier alpha value is 0.0400. The molecule has 0 aromatic heterocycles. The second-order valence-corrected chi connectivity index (χ2v) is 6.89. The molecule has 0 aromatic carbocycles. The number of carboxylic acids is 1. The average Bonchev–Trinajstić information content (AvgIpc) is 1.84. The molecule has 0 aliphatic carbocycles. The molecule has 6 nitrogen and oxygen atoms in total. The van der Waals surface area contributed by atoms with E-state index in [9.17, 15) is 13.2 Å². The average molecular weight is 233 g/mol. The third kappa shape index (κ3) is 6.73. The summed E-state index contributed by atoms with van der Waals surface area (Å²) in [6.07, 6.45) is 0. The molecule has 1 unspecified atom stereocenters. The monoisotopic (exact) mass is 233 g/mol. The van der Waals surface area contributed by atoms with Crippen LogP contribution in [-0.4, -0.2) is 35.8 Å². The molecule has 9 heteroatoms. The normalized spacial score (nSPS) is 14.2. The topological polar surface area (TPSA) is 118 Å². The predicted octanol–water partition coefficient (Wildman–Crippen LogP) is -0.418. The first kappa shape index (κ1) is 12.0. The largest absolute Gasteiger partial charge is 0.480 e. The highest BCUT2D eigenvalue weighted by Crippen LogP contribution is 2.26. The van der Waals surface area contributed by atoms with Crippen LogP contribution in [0.5, 0.6) is 0 Å². The highest BCUT2D eigenvalue weighted by molar-refractivity contribution is 9.05. The molecule has 0 heterocycles. The minimum atomic E-state index is -4.11. The minimum absolute atomic E-state index is 0.0835. The zero-order valence-corrected chi connectivity index (χ0v) is 8.16. The van der Waals surface area contributed by atoms with Crippen molar-refractivity contribution < 1.29 is 22.9 Å². The zero-order chi connectivity index (χ0) is 9.78. The fourth-order valence-electron chi connectivity index (χ4n) is 0.233. The molecule has 1 atom stereocenters. The predicted molar refractivity (Wildman–Crippen MR) is 47.2 cm³/mol. The first-order valence-electron chi connectivity index (χ1n) is 2.60. The van der Waals surface area contributed by atoms with Crippen molar-refractivity contribution in [2.45, 2.75) is 6.04 Å². The first-order valence-corrected chi connectivity index (χ1v) is 6.87. The lowest BCUT2D eigenvalue weighted by Gasteiger charge is -2.02. The van der Waals surface area contributed by atoms with Crippen LogP contribution in [0.3, 0.4) is 0 Å². The van der Waals surface area contributed by atoms with E-state index in [1.54, 1.807) is 0 Å². The molecule has 0 aromatic rings. The maximum absolute atomic E-state index is 10.1. The van der Waals surface area contributed by atoms with Crippen molar-refractivity contribution >= 4 is 35.7 Å². The molecule has 0 saturated heterocycles. The molecule has 0 spiro atoms. The fraction of sp³-hybridized carbons (Fsp3) is 0.667. The molecule has 0 saturated carbocycles. The lowest BCUT2D eigenvalue weighted by atomic mass is 10.4. The van der Waals surface area contributed by atoms with Gasteiger partial charge in [0.25, 0.3) is 0 Å². The third-order valence-corrected chi connectivity index (χ3v) is 5.09. The Kier molecular flexibility index (Phi) is 4.94. The van der Waals surface area contributed by atoms with E-state index in [0.717, 1.165) is 0 Å². The smallest absolute Gasteiger partial charge is 0.329 e. The van der Waals surface area contributed by atoms with E-state index in [0.29, 0.717) is 10.8 Å². The van der Waals surface area contributed by atoms with Crippen molar-refractivity contribution in [1.29, 1.82) is 0 Å². The summed E-state index contributed by atoms with van der Waals surface area (Å²) in [5, 5.41) is 8.25. The van der Waals surface area contributed by atoms with Gasteiger partial charge in [-0.3, -0.25) is 9.35 Å². The standard InChI is InChI=1S/C3H7NO5S3/c4-2(3(5)6)1-10-11-12(7,8)9/h2H,1,4H2,(H,5,6)(H,7,8,9). The lowest BCUT2D eigenvalue weighted by molar-refractivity contribution is -0.137. The summed E-state index contributed by atoms with van der Waals surface area (Å²) in [5.74, 6) is -1.29. The van der Waals surface area contributed by atoms with Crippen LogP contribution in [0, 0.1) is 0 Å². The zero-order valence-electron chi connectivity index (χ0n) is 5.71. The van der Waals surface area contributed by atoms with E-state index in [1.807, 2.05) is 0 Å². The maximum atomic E-state index is 10.1. The van der Waals surface area contributed by atoms with Crippen LogP contribution in [0.15, 0.2) is 0 Å². The van der Waals surface area contributed by atoms with Crippen LogP contribution in [0.2, 0.25) is 0 Å². The van der Waals surface area contributed by atoms with Gasteiger partial charge in [0.2, 0.25) is 0 Å². The van der Waals surface area contributed by atoms with Crippen molar-refractivity contribution in [3.8, 4) is 0 Å². The third-order valence-electron chi connectivity index (χ3n) is 0.699. The summed E-state index contributed by atoms with van der Waals surface area (Å²) in [5.41, 5.74) is 5.04. The summed E-state index contributed by atoms with van der Waals surface area (Å²) >= 11 is 0. The fourth-order valence-corrected chi connectivity index (χ4v) is 3.27. The summed E-state index contributed by atoms with van der Waals surface area (Å²) in [7, 11) is -3.26. The second-order valence-electron chi connectivity index (χ2n) is 1.73. The first-order chi connectivity index (χ1) is 5.33. The Morgan fingerprint density at radius 1 is 1.58 bits per heavy atom. The second kappa shape index (κ2) is 4.92. The molecule has 4 N–H and O–H groups in total. The maximum Gasteiger partial charge on any atom is 0.329 e. The number of aliphatic carboxylic acids is 1. The molecule has 0 amide bonds. The Labute approximate surface area is 76.4 Å². The van der Waals surface area contributed by atoms with E-state index in [4.69, 9.17) is 15.4 Å². The van der Waals surface area contributed by atoms with Crippen LogP contribution < -0.4 is 5.73 Å². The van der Waals surface area contributed by atoms with Crippen molar-refractivity contribution in [2.24, 2.45) is 5.73 Å². The summed E-state index contributed by atoms with van der Waals surface area (Å²) < 4.78 is 28.4. The van der Waals surface area contributed by atoms with E-state index >= 15 is 0 Å². The van der Waals surface area contributed by atoms with Crippen molar-refractivity contribution in [2.75, 3.05) is 5.75 Å². The van der Waals surface area contributed by atoms with E-state index in [-0.39, 0.29) is 15.6 Å². The minimum Gasteiger partial charge on any atom is -0.480 e. The molecule has 12 heavy (non-hydrogen) atoms. The number of carboxylic acid groups (broad SMARTS) is 1. The number of hydrogen-bond donors (Lipinski definition) is 3. The SMILES string of the molecule is NC(CSSS(=O)(=O)O)C(=O)O. The van der Waals surface area contributed by atoms with E-state index < -0.39 is 21.2 Å². The Bertz CT molecular complexity index is 249. The van der Waals surface area contributed by atoms with Gasteiger partial charge >= 0.3 is 15.1 Å². The van der Waals surface area contributed by atoms with Gasteiger partial charge in [0, 0.05) is 5.75 Å². The molecule has 0 radical (unpaired) electrons. The van der Waals surface area contributed by atoms with Gasteiger partial charge in [0.15, 0.2) is 0 Å². The lowest BCUT2D eigenvalue weighted by Crippen LogP contribution is -2.32. The molecule has 0 fully saturated rings. The number of carbonyl (C=O) groups is 1. The van der Waals surface area contributed by atoms with Gasteiger partial charge in [0.1, 0.15) is 6.04 Å². The Morgan fingerprint density at radius 2 is 2.08 bits per heavy atom. The molecule has 0 bridgehead atoms. The summed E-state index contributed by atoms with van der Waals surface area (Å²) in [6.45, 7) is 0. The molecular weight excluding hydrogens is 226 g/mol. The van der Waals surface area contributed by atoms with Gasteiger partial charge < -0.3 is 10.8 Å². The van der Waals surface area contributed by atoms with Gasteiger partial charge in [-0.05, 0) is 0 Å². The van der Waals surface area contributed by atoms with Crippen LogP contribution in [0.1, 0.15) is 0 Å². The number of nitrogens with two attached hydrogens (primary N) is 1. The Balaban J connectivity index is 3.65. The van der Waals surface area contributed by atoms with Crippen molar-refractivity contribution in [1.82, 2.24) is 0 Å². The molecule has 0 aliphatic heterocycles. The van der Waals surface area contributed by atoms with Crippen LogP contribution in [-0.2, 0) is 13.9 Å². The van der Waals surface area contributed by atoms with Crippen LogP contribution >= 0.6 is 20.6 Å². The van der Waals surface area contributed by atoms with Gasteiger partial charge in [0.05, 0.1) is 9.83 Å². The Morgan fingerprint density at radius 3 is 2.42 bits per heavy atom. The molecule has 0 rings (SSSR count). The molecule has 0 aliphatic rings. The van der Waals surface area contributed by atoms with Gasteiger partial charge in [-0.1, -0.05) is 10.8 Å².